The summed E-state index contributed by atoms with van der Waals surface area (Å²) >= 11 is 0. The van der Waals surface area contributed by atoms with Crippen molar-refractivity contribution in [2.75, 3.05) is 5.32 Å². The van der Waals surface area contributed by atoms with Gasteiger partial charge < -0.3 is 20.5 Å². The molecule has 2 aromatic rings. The third kappa shape index (κ3) is 7.21. The molecule has 1 aromatic carbocycles. The van der Waals surface area contributed by atoms with Crippen molar-refractivity contribution in [3.05, 3.63) is 48.3 Å². The van der Waals surface area contributed by atoms with Gasteiger partial charge in [-0.15, -0.1) is 0 Å². The van der Waals surface area contributed by atoms with Crippen molar-refractivity contribution in [3.63, 3.8) is 0 Å². The van der Waals surface area contributed by atoms with Crippen LogP contribution in [0.5, 0.6) is 0 Å². The van der Waals surface area contributed by atoms with E-state index in [-0.39, 0.29) is 18.9 Å². The van der Waals surface area contributed by atoms with Crippen LogP contribution in [0.25, 0.3) is 0 Å². The van der Waals surface area contributed by atoms with Gasteiger partial charge >= 0.3 is 11.9 Å². The monoisotopic (exact) mass is 400 g/mol. The lowest BCUT2D eigenvalue weighted by Gasteiger charge is -2.19. The largest absolute Gasteiger partial charge is 0.481 e. The van der Waals surface area contributed by atoms with Crippen LogP contribution >= 0.6 is 0 Å². The number of benzene rings is 1. The van der Waals surface area contributed by atoms with E-state index in [0.717, 1.165) is 0 Å². The molecule has 29 heavy (non-hydrogen) atoms. The van der Waals surface area contributed by atoms with E-state index in [1.807, 2.05) is 6.92 Å². The molecule has 0 aliphatic carbocycles. The number of aliphatic carboxylic acids is 1. The second kappa shape index (κ2) is 10.7. The molecule has 0 aliphatic rings. The lowest BCUT2D eigenvalue weighted by Crippen LogP contribution is -2.43. The number of carbonyl (C=O) groups excluding carboxylic acids is 2. The highest BCUT2D eigenvalue weighted by molar-refractivity contribution is 5.97. The minimum Gasteiger partial charge on any atom is -0.481 e. The molecular weight excluding hydrogens is 376 g/mol. The number of amides is 1. The summed E-state index contributed by atoms with van der Waals surface area (Å²) in [6.45, 7) is 3.59. The van der Waals surface area contributed by atoms with E-state index in [2.05, 4.69) is 20.6 Å². The van der Waals surface area contributed by atoms with Gasteiger partial charge in [0.15, 0.2) is 0 Å². The first-order valence-corrected chi connectivity index (χ1v) is 9.26. The Morgan fingerprint density at radius 3 is 2.38 bits per heavy atom. The molecule has 1 heterocycles. The number of nitrogens with one attached hydrogen (secondary N) is 2. The number of carbonyl (C=O) groups is 3. The zero-order valence-electron chi connectivity index (χ0n) is 16.3. The Labute approximate surface area is 168 Å². The van der Waals surface area contributed by atoms with Crippen LogP contribution in [-0.2, 0) is 14.3 Å². The number of nitrogens with zero attached hydrogens (tertiary/aromatic N) is 2. The van der Waals surface area contributed by atoms with Gasteiger partial charge in [-0.25, -0.2) is 14.8 Å². The summed E-state index contributed by atoms with van der Waals surface area (Å²) in [4.78, 5) is 43.8. The van der Waals surface area contributed by atoms with E-state index in [0.29, 0.717) is 23.6 Å². The Morgan fingerprint density at radius 1 is 1.14 bits per heavy atom. The number of esters is 1. The average molecular weight is 400 g/mol. The van der Waals surface area contributed by atoms with Gasteiger partial charge in [-0.1, -0.05) is 6.92 Å². The summed E-state index contributed by atoms with van der Waals surface area (Å²) in [5, 5.41) is 14.5. The van der Waals surface area contributed by atoms with Crippen LogP contribution in [0, 0.1) is 0 Å². The molecule has 0 aliphatic heterocycles. The van der Waals surface area contributed by atoms with Gasteiger partial charge in [0.2, 0.25) is 5.95 Å². The van der Waals surface area contributed by atoms with Crippen LogP contribution in [0.15, 0.2) is 42.7 Å². The molecule has 0 spiro atoms. The number of anilines is 2. The lowest BCUT2D eigenvalue weighted by atomic mass is 10.1. The fourth-order valence-corrected chi connectivity index (χ4v) is 2.32. The molecule has 0 bridgehead atoms. The van der Waals surface area contributed by atoms with Crippen molar-refractivity contribution >= 4 is 29.5 Å². The van der Waals surface area contributed by atoms with Gasteiger partial charge in [-0.2, -0.15) is 0 Å². The Hall–Kier alpha value is -3.49. The van der Waals surface area contributed by atoms with Crippen LogP contribution in [-0.4, -0.2) is 45.1 Å². The SMILES string of the molecule is CCC(C)OC(=O)C(CCC(=O)O)NC(=O)c1ccc(Nc2ncccn2)cc1. The van der Waals surface area contributed by atoms with Gasteiger partial charge in [0, 0.05) is 30.1 Å². The van der Waals surface area contributed by atoms with Crippen molar-refractivity contribution in [1.29, 1.82) is 0 Å². The van der Waals surface area contributed by atoms with E-state index in [1.54, 1.807) is 49.6 Å². The molecule has 0 saturated heterocycles. The lowest BCUT2D eigenvalue weighted by molar-refractivity contribution is -0.151. The molecule has 1 amide bonds. The standard InChI is InChI=1S/C20H24N4O5/c1-3-13(2)29-19(28)16(9-10-17(25)26)24-18(27)14-5-7-15(8-6-14)23-20-21-11-4-12-22-20/h4-8,11-13,16H,3,9-10H2,1-2H3,(H,24,27)(H,25,26)(H,21,22,23). The molecule has 9 heteroatoms. The number of hydrogen-bond donors (Lipinski definition) is 3. The number of carboxylic acid groups (broad SMARTS) is 1. The minimum absolute atomic E-state index is 0.0542. The molecule has 0 saturated carbocycles. The Bertz CT molecular complexity index is 827. The Morgan fingerprint density at radius 2 is 1.79 bits per heavy atom. The number of ether oxygens (including phenoxy) is 1. The number of aromatic nitrogens is 2. The zero-order valence-corrected chi connectivity index (χ0v) is 16.3. The highest BCUT2D eigenvalue weighted by Gasteiger charge is 2.25. The number of hydrogen-bond acceptors (Lipinski definition) is 7. The molecule has 1 aromatic heterocycles. The third-order valence-electron chi connectivity index (χ3n) is 4.10. The van der Waals surface area contributed by atoms with Gasteiger partial charge in [0.25, 0.3) is 5.91 Å². The van der Waals surface area contributed by atoms with E-state index in [9.17, 15) is 14.4 Å². The highest BCUT2D eigenvalue weighted by atomic mass is 16.5. The Kier molecular flexibility index (Phi) is 8.08. The predicted octanol–water partition coefficient (Wildman–Crippen LogP) is 2.53. The molecule has 2 unspecified atom stereocenters. The van der Waals surface area contributed by atoms with Crippen LogP contribution in [0.3, 0.4) is 0 Å². The van der Waals surface area contributed by atoms with Crippen LogP contribution in [0.1, 0.15) is 43.5 Å². The van der Waals surface area contributed by atoms with Crippen LogP contribution in [0.4, 0.5) is 11.6 Å². The smallest absolute Gasteiger partial charge is 0.328 e. The fraction of sp³-hybridized carbons (Fsp3) is 0.350. The minimum atomic E-state index is -1.06. The molecule has 2 rings (SSSR count). The van der Waals surface area contributed by atoms with Crippen molar-refractivity contribution in [2.24, 2.45) is 0 Å². The summed E-state index contributed by atoms with van der Waals surface area (Å²) in [6, 6.07) is 7.17. The van der Waals surface area contributed by atoms with E-state index < -0.39 is 23.9 Å². The summed E-state index contributed by atoms with van der Waals surface area (Å²) in [7, 11) is 0. The topological polar surface area (TPSA) is 131 Å². The maximum Gasteiger partial charge on any atom is 0.328 e. The van der Waals surface area contributed by atoms with Gasteiger partial charge in [0.05, 0.1) is 6.10 Å². The Balaban J connectivity index is 2.03. The molecule has 0 radical (unpaired) electrons. The van der Waals surface area contributed by atoms with Crippen molar-refractivity contribution in [3.8, 4) is 0 Å². The summed E-state index contributed by atoms with van der Waals surface area (Å²) in [5.41, 5.74) is 1.01. The quantitative estimate of drug-likeness (QED) is 0.519. The highest BCUT2D eigenvalue weighted by Crippen LogP contribution is 2.14. The molecule has 0 fully saturated rings. The average Bonchev–Trinajstić information content (AvgIpc) is 2.71. The van der Waals surface area contributed by atoms with Gasteiger partial charge in [-0.05, 0) is 50.1 Å². The van der Waals surface area contributed by atoms with Crippen molar-refractivity contribution < 1.29 is 24.2 Å². The predicted molar refractivity (Wildman–Crippen MR) is 106 cm³/mol. The van der Waals surface area contributed by atoms with E-state index >= 15 is 0 Å². The molecular formula is C20H24N4O5. The second-order valence-corrected chi connectivity index (χ2v) is 6.39. The maximum atomic E-state index is 12.5. The maximum absolute atomic E-state index is 12.5. The third-order valence-corrected chi connectivity index (χ3v) is 4.10. The summed E-state index contributed by atoms with van der Waals surface area (Å²) < 4.78 is 5.25. The van der Waals surface area contributed by atoms with Crippen molar-refractivity contribution in [2.45, 2.75) is 45.3 Å². The summed E-state index contributed by atoms with van der Waals surface area (Å²) in [6.07, 6.45) is 3.18. The number of carboxylic acids is 1. The zero-order chi connectivity index (χ0) is 21.2. The molecule has 9 nitrogen and oxygen atoms in total. The van der Waals surface area contributed by atoms with Crippen molar-refractivity contribution in [1.82, 2.24) is 15.3 Å². The second-order valence-electron chi connectivity index (χ2n) is 6.39. The van der Waals surface area contributed by atoms with E-state index in [1.165, 1.54) is 0 Å². The van der Waals surface area contributed by atoms with Crippen LogP contribution in [0.2, 0.25) is 0 Å². The first-order chi connectivity index (χ1) is 13.9. The number of rotatable bonds is 10. The molecule has 154 valence electrons. The fourth-order valence-electron chi connectivity index (χ4n) is 2.32. The molecule has 3 N–H and O–H groups in total. The van der Waals surface area contributed by atoms with E-state index in [4.69, 9.17) is 9.84 Å². The summed E-state index contributed by atoms with van der Waals surface area (Å²) in [5.74, 6) is -1.78. The first kappa shape index (κ1) is 21.8. The first-order valence-electron chi connectivity index (χ1n) is 9.26. The normalized spacial score (nSPS) is 12.5. The van der Waals surface area contributed by atoms with Crippen LogP contribution < -0.4 is 10.6 Å². The molecule has 2 atom stereocenters. The van der Waals surface area contributed by atoms with Gasteiger partial charge in [0.1, 0.15) is 6.04 Å². The van der Waals surface area contributed by atoms with Gasteiger partial charge in [-0.3, -0.25) is 9.59 Å².